The average molecular weight is 780 g/mol. The van der Waals surface area contributed by atoms with Gasteiger partial charge in [-0.15, -0.1) is 0 Å². The minimum absolute atomic E-state index is 0.569. The Kier molecular flexibility index (Phi) is 7.21. The minimum atomic E-state index is 0.569. The van der Waals surface area contributed by atoms with Gasteiger partial charge in [0.15, 0.2) is 23.1 Å². The third kappa shape index (κ3) is 5.06. The monoisotopic (exact) mass is 779 g/mol. The number of hydrogen-bond donors (Lipinski definition) is 0. The molecule has 4 aromatic heterocycles. The van der Waals surface area contributed by atoms with E-state index >= 15 is 0 Å². The number of furan rings is 1. The van der Waals surface area contributed by atoms with Crippen LogP contribution in [0.25, 0.3) is 122 Å². The molecule has 0 radical (unpaired) electrons. The van der Waals surface area contributed by atoms with Gasteiger partial charge in [-0.2, -0.15) is 0 Å². The summed E-state index contributed by atoms with van der Waals surface area (Å²) in [5.41, 5.74) is 10.7. The van der Waals surface area contributed by atoms with E-state index in [0.29, 0.717) is 17.5 Å². The van der Waals surface area contributed by atoms with Gasteiger partial charge < -0.3 is 13.6 Å². The highest BCUT2D eigenvalue weighted by Gasteiger charge is 2.24. The lowest BCUT2D eigenvalue weighted by molar-refractivity contribution is 0.666. The van der Waals surface area contributed by atoms with Crippen molar-refractivity contribution in [2.75, 3.05) is 0 Å². The molecule has 9 aromatic carbocycles. The average Bonchev–Trinajstić information content (AvgIpc) is 3.99. The zero-order valence-electron chi connectivity index (χ0n) is 32.7. The van der Waals surface area contributed by atoms with Crippen LogP contribution in [0.15, 0.2) is 205 Å². The maximum Gasteiger partial charge on any atom is 0.166 e. The molecule has 61 heavy (non-hydrogen) atoms. The van der Waals surface area contributed by atoms with Crippen LogP contribution in [-0.2, 0) is 0 Å². The van der Waals surface area contributed by atoms with E-state index in [-0.39, 0.29) is 0 Å². The molecule has 0 saturated heterocycles. The molecule has 0 atom stereocenters. The largest absolute Gasteiger partial charge is 0.454 e. The topological polar surface area (TPSA) is 61.7 Å². The quantitative estimate of drug-likeness (QED) is 0.175. The number of nitrogens with zero attached hydrogens (tertiary/aromatic N) is 5. The fraction of sp³-hybridized carbons (Fsp3) is 0. The molecule has 0 unspecified atom stereocenters. The Morgan fingerprint density at radius 2 is 0.967 bits per heavy atom. The molecule has 0 amide bonds. The van der Waals surface area contributed by atoms with Crippen molar-refractivity contribution in [2.45, 2.75) is 0 Å². The minimum Gasteiger partial charge on any atom is -0.454 e. The first-order valence-corrected chi connectivity index (χ1v) is 20.5. The lowest BCUT2D eigenvalue weighted by atomic mass is 10.0. The number of para-hydroxylation sites is 5. The van der Waals surface area contributed by atoms with Gasteiger partial charge in [-0.3, -0.25) is 0 Å². The Morgan fingerprint density at radius 1 is 0.377 bits per heavy atom. The number of fused-ring (bicyclic) bond motifs is 10. The van der Waals surface area contributed by atoms with Crippen LogP contribution in [0.4, 0.5) is 0 Å². The predicted octanol–water partition coefficient (Wildman–Crippen LogP) is 14.1. The molecule has 0 spiro atoms. The Labute approximate surface area is 349 Å². The molecule has 0 fully saturated rings. The summed E-state index contributed by atoms with van der Waals surface area (Å²) in [5, 5.41) is 9.02. The summed E-state index contributed by atoms with van der Waals surface area (Å²) in [7, 11) is 0. The lowest BCUT2D eigenvalue weighted by Crippen LogP contribution is -2.03. The molecule has 284 valence electrons. The van der Waals surface area contributed by atoms with Gasteiger partial charge in [0, 0.05) is 54.7 Å². The van der Waals surface area contributed by atoms with Crippen molar-refractivity contribution in [3.05, 3.63) is 200 Å². The summed E-state index contributed by atoms with van der Waals surface area (Å²) in [5.74, 6) is 1.76. The molecular weight excluding hydrogens is 747 g/mol. The van der Waals surface area contributed by atoms with Crippen molar-refractivity contribution in [1.82, 2.24) is 24.1 Å². The van der Waals surface area contributed by atoms with Crippen LogP contribution >= 0.6 is 0 Å². The second kappa shape index (κ2) is 13.1. The SMILES string of the molecule is c1ccc(-c2nc(-c3ccc(-n4c5ccccc5c5cc6ccccc6cc54)c4oc5ccccc5c34)nc(-c3cccc4c5ccccc5n(-c5ccccc5)c34)n2)cc1. The smallest absolute Gasteiger partial charge is 0.166 e. The summed E-state index contributed by atoms with van der Waals surface area (Å²) >= 11 is 0. The van der Waals surface area contributed by atoms with Crippen molar-refractivity contribution in [2.24, 2.45) is 0 Å². The number of aromatic nitrogens is 5. The highest BCUT2D eigenvalue weighted by molar-refractivity contribution is 6.18. The van der Waals surface area contributed by atoms with Crippen LogP contribution in [0.2, 0.25) is 0 Å². The van der Waals surface area contributed by atoms with E-state index in [2.05, 4.69) is 179 Å². The summed E-state index contributed by atoms with van der Waals surface area (Å²) in [6.45, 7) is 0. The molecule has 13 aromatic rings. The molecule has 0 bridgehead atoms. The Bertz CT molecular complexity index is 3880. The maximum absolute atomic E-state index is 6.95. The molecule has 6 nitrogen and oxygen atoms in total. The first-order chi connectivity index (χ1) is 30.3. The Balaban J connectivity index is 1.11. The zero-order valence-corrected chi connectivity index (χ0v) is 32.7. The fourth-order valence-corrected chi connectivity index (χ4v) is 9.47. The van der Waals surface area contributed by atoms with E-state index in [0.717, 1.165) is 77.5 Å². The van der Waals surface area contributed by atoms with Crippen molar-refractivity contribution in [3.63, 3.8) is 0 Å². The standard InChI is InChI=1S/C55H33N5O/c1-3-16-34(17-4-1)53-56-54(58-55(57-53)43-26-15-25-40-38-22-9-12-27-45(38)59(51(40)43)37-20-5-2-6-21-37)42-30-31-47(52-50(42)41-24-11-14-29-49(41)61-52)60-46-28-13-10-23-39(46)44-32-35-18-7-8-19-36(35)33-48(44)60/h1-33H. The van der Waals surface area contributed by atoms with Crippen LogP contribution < -0.4 is 0 Å². The highest BCUT2D eigenvalue weighted by atomic mass is 16.3. The van der Waals surface area contributed by atoms with Crippen LogP contribution in [0.3, 0.4) is 0 Å². The lowest BCUT2D eigenvalue weighted by Gasteiger charge is -2.14. The molecule has 0 aliphatic carbocycles. The van der Waals surface area contributed by atoms with E-state index in [1.54, 1.807) is 0 Å². The molecule has 13 rings (SSSR count). The molecule has 0 aliphatic heterocycles. The van der Waals surface area contributed by atoms with Crippen LogP contribution in [-0.4, -0.2) is 24.1 Å². The normalized spacial score (nSPS) is 11.9. The van der Waals surface area contributed by atoms with Gasteiger partial charge in [-0.25, -0.2) is 15.0 Å². The zero-order chi connectivity index (χ0) is 40.0. The summed E-state index contributed by atoms with van der Waals surface area (Å²) < 4.78 is 11.6. The third-order valence-electron chi connectivity index (χ3n) is 12.1. The molecule has 4 heterocycles. The Hall–Kier alpha value is -8.35. The molecule has 0 saturated carbocycles. The van der Waals surface area contributed by atoms with Crippen LogP contribution in [0.1, 0.15) is 0 Å². The van der Waals surface area contributed by atoms with Crippen LogP contribution in [0.5, 0.6) is 0 Å². The molecular formula is C55H33N5O. The van der Waals surface area contributed by atoms with E-state index in [1.807, 2.05) is 30.3 Å². The van der Waals surface area contributed by atoms with Crippen molar-refractivity contribution in [3.8, 4) is 45.5 Å². The predicted molar refractivity (Wildman–Crippen MR) is 250 cm³/mol. The summed E-state index contributed by atoms with van der Waals surface area (Å²) in [6.07, 6.45) is 0. The first-order valence-electron chi connectivity index (χ1n) is 20.5. The molecule has 6 heteroatoms. The van der Waals surface area contributed by atoms with Gasteiger partial charge in [0.25, 0.3) is 0 Å². The van der Waals surface area contributed by atoms with Gasteiger partial charge in [-0.05, 0) is 71.4 Å². The van der Waals surface area contributed by atoms with Crippen molar-refractivity contribution >= 4 is 76.3 Å². The van der Waals surface area contributed by atoms with Crippen molar-refractivity contribution < 1.29 is 4.42 Å². The molecule has 0 aliphatic rings. The number of hydrogen-bond acceptors (Lipinski definition) is 4. The second-order valence-corrected chi connectivity index (χ2v) is 15.6. The first kappa shape index (κ1) is 33.6. The van der Waals surface area contributed by atoms with E-state index < -0.39 is 0 Å². The number of benzene rings is 9. The van der Waals surface area contributed by atoms with Gasteiger partial charge >= 0.3 is 0 Å². The van der Waals surface area contributed by atoms with E-state index in [1.165, 1.54) is 26.9 Å². The molecule has 0 N–H and O–H groups in total. The second-order valence-electron chi connectivity index (χ2n) is 15.6. The maximum atomic E-state index is 6.95. The van der Waals surface area contributed by atoms with E-state index in [4.69, 9.17) is 19.4 Å². The number of rotatable bonds is 5. The van der Waals surface area contributed by atoms with Crippen LogP contribution in [0, 0.1) is 0 Å². The third-order valence-corrected chi connectivity index (χ3v) is 12.1. The van der Waals surface area contributed by atoms with Gasteiger partial charge in [-0.1, -0.05) is 140 Å². The van der Waals surface area contributed by atoms with Gasteiger partial charge in [0.2, 0.25) is 0 Å². The Morgan fingerprint density at radius 3 is 1.75 bits per heavy atom. The van der Waals surface area contributed by atoms with Crippen molar-refractivity contribution in [1.29, 1.82) is 0 Å². The van der Waals surface area contributed by atoms with Gasteiger partial charge in [0.1, 0.15) is 5.58 Å². The highest BCUT2D eigenvalue weighted by Crippen LogP contribution is 2.44. The fourth-order valence-electron chi connectivity index (χ4n) is 9.47. The summed E-state index contributed by atoms with van der Waals surface area (Å²) in [6, 6.07) is 70.1. The van der Waals surface area contributed by atoms with E-state index in [9.17, 15) is 0 Å². The summed E-state index contributed by atoms with van der Waals surface area (Å²) in [4.78, 5) is 16.0. The van der Waals surface area contributed by atoms with Gasteiger partial charge in [0.05, 0.1) is 27.8 Å².